The fourth-order valence-corrected chi connectivity index (χ4v) is 2.42. The summed E-state index contributed by atoms with van der Waals surface area (Å²) >= 11 is 0. The Morgan fingerprint density at radius 2 is 1.74 bits per heavy atom. The maximum atomic E-state index is 12.1. The van der Waals surface area contributed by atoms with Crippen molar-refractivity contribution in [1.82, 2.24) is 0 Å². The van der Waals surface area contributed by atoms with Gasteiger partial charge >= 0.3 is 11.9 Å². The maximum absolute atomic E-state index is 12.1. The standard InChI is InChI=1S/C20H16N2O5/c1-12(23)21-16-9-7-14(8-10-16)18-22-17(20(25)27-18)11-13-3-5-15(6-4-13)19(24)26-2/h3-11H,1-2H3,(H,21,23). The van der Waals surface area contributed by atoms with Gasteiger partial charge in [0.25, 0.3) is 0 Å². The molecule has 1 amide bonds. The molecule has 0 unspecified atom stereocenters. The van der Waals surface area contributed by atoms with Crippen LogP contribution in [0.4, 0.5) is 5.69 Å². The van der Waals surface area contributed by atoms with E-state index in [0.717, 1.165) is 0 Å². The third-order valence-electron chi connectivity index (χ3n) is 3.71. The highest BCUT2D eigenvalue weighted by Gasteiger charge is 2.24. The van der Waals surface area contributed by atoms with Gasteiger partial charge in [-0.15, -0.1) is 0 Å². The molecule has 0 radical (unpaired) electrons. The molecule has 0 aromatic heterocycles. The summed E-state index contributed by atoms with van der Waals surface area (Å²) in [5, 5.41) is 2.66. The molecule has 27 heavy (non-hydrogen) atoms. The summed E-state index contributed by atoms with van der Waals surface area (Å²) in [6.45, 7) is 1.42. The molecule has 1 N–H and O–H groups in total. The molecule has 0 saturated heterocycles. The van der Waals surface area contributed by atoms with Crippen LogP contribution in [0.2, 0.25) is 0 Å². The van der Waals surface area contributed by atoms with E-state index in [9.17, 15) is 14.4 Å². The number of hydrogen-bond donors (Lipinski definition) is 1. The predicted molar refractivity (Wildman–Crippen MR) is 99.1 cm³/mol. The number of methoxy groups -OCH3 is 1. The lowest BCUT2D eigenvalue weighted by molar-refractivity contribution is -0.129. The van der Waals surface area contributed by atoms with Gasteiger partial charge in [0, 0.05) is 18.2 Å². The van der Waals surface area contributed by atoms with Crippen molar-refractivity contribution in [3.63, 3.8) is 0 Å². The van der Waals surface area contributed by atoms with Crippen molar-refractivity contribution in [3.05, 3.63) is 70.9 Å². The van der Waals surface area contributed by atoms with Crippen molar-refractivity contribution in [1.29, 1.82) is 0 Å². The quantitative estimate of drug-likeness (QED) is 0.665. The average Bonchev–Trinajstić information content (AvgIpc) is 3.02. The Kier molecular flexibility index (Phi) is 5.12. The molecular formula is C20H16N2O5. The zero-order valence-corrected chi connectivity index (χ0v) is 14.7. The molecule has 2 aromatic rings. The monoisotopic (exact) mass is 364 g/mol. The Hall–Kier alpha value is -3.74. The highest BCUT2D eigenvalue weighted by molar-refractivity contribution is 6.13. The number of hydrogen-bond acceptors (Lipinski definition) is 6. The molecule has 7 nitrogen and oxygen atoms in total. The number of rotatable bonds is 4. The van der Waals surface area contributed by atoms with Gasteiger partial charge in [-0.1, -0.05) is 12.1 Å². The third kappa shape index (κ3) is 4.27. The number of nitrogens with one attached hydrogen (secondary N) is 1. The molecule has 2 aromatic carbocycles. The molecule has 0 fully saturated rings. The molecule has 0 atom stereocenters. The van der Waals surface area contributed by atoms with Crippen LogP contribution >= 0.6 is 0 Å². The molecule has 1 heterocycles. The lowest BCUT2D eigenvalue weighted by Gasteiger charge is -2.03. The molecule has 0 saturated carbocycles. The minimum atomic E-state index is -0.562. The lowest BCUT2D eigenvalue weighted by Crippen LogP contribution is -2.07. The van der Waals surface area contributed by atoms with Gasteiger partial charge in [-0.3, -0.25) is 4.79 Å². The van der Waals surface area contributed by atoms with E-state index in [-0.39, 0.29) is 17.5 Å². The number of carbonyl (C=O) groups excluding carboxylic acids is 3. The molecule has 1 aliphatic rings. The van der Waals surface area contributed by atoms with Crippen LogP contribution in [0, 0.1) is 0 Å². The van der Waals surface area contributed by atoms with Gasteiger partial charge in [-0.05, 0) is 48.0 Å². The Labute approximate surface area is 155 Å². The van der Waals surface area contributed by atoms with Gasteiger partial charge in [0.15, 0.2) is 5.70 Å². The van der Waals surface area contributed by atoms with Crippen molar-refractivity contribution in [3.8, 4) is 0 Å². The van der Waals surface area contributed by atoms with Crippen molar-refractivity contribution in [2.24, 2.45) is 4.99 Å². The van der Waals surface area contributed by atoms with Gasteiger partial charge in [-0.2, -0.15) is 0 Å². The first-order valence-electron chi connectivity index (χ1n) is 8.05. The van der Waals surface area contributed by atoms with Gasteiger partial charge in [-0.25, -0.2) is 14.6 Å². The summed E-state index contributed by atoms with van der Waals surface area (Å²) in [6, 6.07) is 13.4. The second-order valence-electron chi connectivity index (χ2n) is 5.71. The summed E-state index contributed by atoms with van der Waals surface area (Å²) in [5.74, 6) is -0.979. The second-order valence-corrected chi connectivity index (χ2v) is 5.71. The molecule has 7 heteroatoms. The van der Waals surface area contributed by atoms with E-state index in [4.69, 9.17) is 4.74 Å². The van der Waals surface area contributed by atoms with Crippen LogP contribution in [-0.2, 0) is 19.1 Å². The highest BCUT2D eigenvalue weighted by atomic mass is 16.6. The Balaban J connectivity index is 1.80. The average molecular weight is 364 g/mol. The topological polar surface area (TPSA) is 94.1 Å². The van der Waals surface area contributed by atoms with Crippen molar-refractivity contribution >= 4 is 35.5 Å². The number of esters is 2. The van der Waals surface area contributed by atoms with Crippen LogP contribution in [0.25, 0.3) is 6.08 Å². The summed E-state index contributed by atoms with van der Waals surface area (Å²) in [6.07, 6.45) is 1.57. The van der Waals surface area contributed by atoms with Crippen LogP contribution < -0.4 is 5.32 Å². The second kappa shape index (κ2) is 7.65. The van der Waals surface area contributed by atoms with E-state index < -0.39 is 11.9 Å². The Morgan fingerprint density at radius 3 is 2.33 bits per heavy atom. The fourth-order valence-electron chi connectivity index (χ4n) is 2.42. The van der Waals surface area contributed by atoms with Crippen LogP contribution in [-0.4, -0.2) is 30.9 Å². The molecule has 136 valence electrons. The first kappa shape index (κ1) is 18.1. The number of cyclic esters (lactones) is 1. The smallest absolute Gasteiger partial charge is 0.363 e. The van der Waals surface area contributed by atoms with Gasteiger partial charge < -0.3 is 14.8 Å². The Morgan fingerprint density at radius 1 is 1.07 bits per heavy atom. The van der Waals surface area contributed by atoms with Crippen LogP contribution in [0.5, 0.6) is 0 Å². The van der Waals surface area contributed by atoms with Crippen LogP contribution in [0.3, 0.4) is 0 Å². The van der Waals surface area contributed by atoms with Crippen LogP contribution in [0.1, 0.15) is 28.4 Å². The minimum Gasteiger partial charge on any atom is -0.465 e. The number of carbonyl (C=O) groups is 3. The number of nitrogens with zero attached hydrogens (tertiary/aromatic N) is 1. The van der Waals surface area contributed by atoms with Crippen molar-refractivity contribution < 1.29 is 23.9 Å². The van der Waals surface area contributed by atoms with E-state index >= 15 is 0 Å². The number of amides is 1. The summed E-state index contributed by atoms with van der Waals surface area (Å²) in [7, 11) is 1.31. The largest absolute Gasteiger partial charge is 0.465 e. The number of benzene rings is 2. The van der Waals surface area contributed by atoms with Gasteiger partial charge in [0.2, 0.25) is 11.8 Å². The fraction of sp³-hybridized carbons (Fsp3) is 0.100. The van der Waals surface area contributed by atoms with E-state index in [0.29, 0.717) is 22.4 Å². The zero-order valence-electron chi connectivity index (χ0n) is 14.7. The van der Waals surface area contributed by atoms with Crippen molar-refractivity contribution in [2.75, 3.05) is 12.4 Å². The third-order valence-corrected chi connectivity index (χ3v) is 3.71. The molecule has 0 aliphatic carbocycles. The summed E-state index contributed by atoms with van der Waals surface area (Å²) in [5.41, 5.74) is 2.51. The highest BCUT2D eigenvalue weighted by Crippen LogP contribution is 2.20. The van der Waals surface area contributed by atoms with Gasteiger partial charge in [0.1, 0.15) is 0 Å². The zero-order chi connectivity index (χ0) is 19.4. The van der Waals surface area contributed by atoms with E-state index in [2.05, 4.69) is 15.0 Å². The number of ether oxygens (including phenoxy) is 2. The molecule has 0 spiro atoms. The minimum absolute atomic E-state index is 0.154. The first-order valence-corrected chi connectivity index (χ1v) is 8.05. The summed E-state index contributed by atoms with van der Waals surface area (Å²) < 4.78 is 9.86. The van der Waals surface area contributed by atoms with Crippen LogP contribution in [0.15, 0.2) is 59.2 Å². The predicted octanol–water partition coefficient (Wildman–Crippen LogP) is 2.78. The maximum Gasteiger partial charge on any atom is 0.363 e. The lowest BCUT2D eigenvalue weighted by atomic mass is 10.1. The molecule has 3 rings (SSSR count). The number of anilines is 1. The number of aliphatic imine (C=N–C) groups is 1. The van der Waals surface area contributed by atoms with Crippen molar-refractivity contribution in [2.45, 2.75) is 6.92 Å². The summed E-state index contributed by atoms with van der Waals surface area (Å²) in [4.78, 5) is 38.8. The van der Waals surface area contributed by atoms with E-state index in [1.54, 1.807) is 54.6 Å². The van der Waals surface area contributed by atoms with E-state index in [1.807, 2.05) is 0 Å². The molecular weight excluding hydrogens is 348 g/mol. The molecule has 0 bridgehead atoms. The normalized spacial score (nSPS) is 14.5. The van der Waals surface area contributed by atoms with Gasteiger partial charge in [0.05, 0.1) is 12.7 Å². The molecule has 1 aliphatic heterocycles. The Bertz CT molecular complexity index is 957. The SMILES string of the molecule is COC(=O)c1ccc(C=C2N=C(c3ccc(NC(C)=O)cc3)OC2=O)cc1. The first-order chi connectivity index (χ1) is 13.0. The van der Waals surface area contributed by atoms with E-state index in [1.165, 1.54) is 14.0 Å².